The van der Waals surface area contributed by atoms with Crippen molar-refractivity contribution in [3.05, 3.63) is 65.9 Å². The number of carbonyl (C=O) groups is 1. The summed E-state index contributed by atoms with van der Waals surface area (Å²) in [6.45, 7) is -0.229. The number of hydrogen-bond acceptors (Lipinski definition) is 6. The first-order valence-electron chi connectivity index (χ1n) is 10.4. The van der Waals surface area contributed by atoms with Crippen LogP contribution in [-0.4, -0.2) is 52.1 Å². The van der Waals surface area contributed by atoms with Gasteiger partial charge in [0.1, 0.15) is 30.1 Å². The molecule has 0 spiro atoms. The Morgan fingerprint density at radius 1 is 1.21 bits per heavy atom. The predicted octanol–water partition coefficient (Wildman–Crippen LogP) is 3.49. The lowest BCUT2D eigenvalue weighted by atomic mass is 10.1. The van der Waals surface area contributed by atoms with Crippen LogP contribution in [0.3, 0.4) is 0 Å². The van der Waals surface area contributed by atoms with Crippen molar-refractivity contribution in [2.75, 3.05) is 30.0 Å². The van der Waals surface area contributed by atoms with Crippen molar-refractivity contribution < 1.29 is 32.9 Å². The number of nitrogens with one attached hydrogen (secondary N) is 1. The van der Waals surface area contributed by atoms with Gasteiger partial charge in [-0.1, -0.05) is 18.2 Å². The molecule has 0 fully saturated rings. The summed E-state index contributed by atoms with van der Waals surface area (Å²) in [6, 6.07) is 10.8. The minimum Gasteiger partial charge on any atom is -0.491 e. The van der Waals surface area contributed by atoms with Crippen LogP contribution in [0.4, 0.5) is 29.6 Å². The van der Waals surface area contributed by atoms with Crippen LogP contribution in [0.5, 0.6) is 5.75 Å². The zero-order valence-corrected chi connectivity index (χ0v) is 17.8. The number of aliphatic hydroxyl groups excluding tert-OH is 2. The molecule has 3 heterocycles. The largest absolute Gasteiger partial charge is 0.491 e. The molecule has 34 heavy (non-hydrogen) atoms. The Labute approximate surface area is 192 Å². The number of amides is 2. The van der Waals surface area contributed by atoms with Gasteiger partial charge in [0.2, 0.25) is 0 Å². The molecule has 0 aliphatic carbocycles. The Bertz CT molecular complexity index is 1190. The number of halogens is 3. The second kappa shape index (κ2) is 9.65. The molecule has 178 valence electrons. The quantitative estimate of drug-likeness (QED) is 0.505. The van der Waals surface area contributed by atoms with Crippen molar-refractivity contribution in [3.63, 3.8) is 0 Å². The summed E-state index contributed by atoms with van der Waals surface area (Å²) >= 11 is 0. The highest BCUT2D eigenvalue weighted by molar-refractivity contribution is 6.02. The molecule has 2 amide bonds. The van der Waals surface area contributed by atoms with E-state index in [0.29, 0.717) is 35.8 Å². The highest BCUT2D eigenvalue weighted by Gasteiger charge is 2.31. The highest BCUT2D eigenvalue weighted by atomic mass is 19.4. The topological polar surface area (TPSA) is 108 Å². The Balaban J connectivity index is 1.52. The molecule has 2 aromatic heterocycles. The molecule has 0 saturated heterocycles. The number of aromatic nitrogens is 2. The average molecular weight is 474 g/mol. The minimum absolute atomic E-state index is 0.129. The van der Waals surface area contributed by atoms with E-state index in [-0.39, 0.29) is 12.4 Å². The van der Waals surface area contributed by atoms with Crippen LogP contribution in [0.25, 0.3) is 11.3 Å². The van der Waals surface area contributed by atoms with Gasteiger partial charge in [0.25, 0.3) is 0 Å². The summed E-state index contributed by atoms with van der Waals surface area (Å²) in [7, 11) is 0. The van der Waals surface area contributed by atoms with E-state index in [4.69, 9.17) is 9.84 Å². The lowest BCUT2D eigenvalue weighted by Crippen LogP contribution is -2.34. The summed E-state index contributed by atoms with van der Waals surface area (Å²) in [4.78, 5) is 22.8. The number of benzene rings is 1. The first kappa shape index (κ1) is 23.5. The fourth-order valence-corrected chi connectivity index (χ4v) is 3.45. The van der Waals surface area contributed by atoms with Gasteiger partial charge < -0.3 is 14.9 Å². The summed E-state index contributed by atoms with van der Waals surface area (Å²) in [6.07, 6.45) is -3.54. The molecule has 1 aliphatic heterocycles. The molecule has 8 nitrogen and oxygen atoms in total. The van der Waals surface area contributed by atoms with Crippen molar-refractivity contribution in [2.45, 2.75) is 18.7 Å². The molecular weight excluding hydrogens is 453 g/mol. The van der Waals surface area contributed by atoms with Gasteiger partial charge in [-0.25, -0.2) is 14.8 Å². The summed E-state index contributed by atoms with van der Waals surface area (Å²) in [5.41, 5.74) is 0.637. The smallest absolute Gasteiger partial charge is 0.416 e. The second-order valence-corrected chi connectivity index (χ2v) is 7.61. The molecule has 1 aliphatic rings. The van der Waals surface area contributed by atoms with E-state index < -0.39 is 30.5 Å². The zero-order chi connectivity index (χ0) is 24.3. The van der Waals surface area contributed by atoms with E-state index in [1.807, 2.05) is 0 Å². The minimum atomic E-state index is -4.47. The van der Waals surface area contributed by atoms with E-state index in [0.717, 1.165) is 17.7 Å². The van der Waals surface area contributed by atoms with E-state index in [1.165, 1.54) is 35.4 Å². The first-order valence-corrected chi connectivity index (χ1v) is 10.4. The first-order chi connectivity index (χ1) is 16.2. The second-order valence-electron chi connectivity index (χ2n) is 7.61. The molecule has 1 aromatic carbocycles. The zero-order valence-electron chi connectivity index (χ0n) is 17.8. The van der Waals surface area contributed by atoms with Crippen molar-refractivity contribution in [1.29, 1.82) is 0 Å². The maximum atomic E-state index is 13.1. The van der Waals surface area contributed by atoms with Gasteiger partial charge in [-0.15, -0.1) is 0 Å². The average Bonchev–Trinajstić information content (AvgIpc) is 3.26. The SMILES string of the molecule is O=C(Nc1cc(OCC(O)CO)ccn1)N1CCc2ccc(-c3cccc(C(F)(F)F)c3)nc21. The number of fused-ring (bicyclic) bond motifs is 1. The number of ether oxygens (including phenoxy) is 1. The molecule has 1 atom stereocenters. The number of pyridine rings is 2. The van der Waals surface area contributed by atoms with Crippen LogP contribution in [-0.2, 0) is 12.6 Å². The van der Waals surface area contributed by atoms with Crippen LogP contribution in [0.2, 0.25) is 0 Å². The van der Waals surface area contributed by atoms with Crippen molar-refractivity contribution in [2.24, 2.45) is 0 Å². The summed E-state index contributed by atoms with van der Waals surface area (Å²) in [5, 5.41) is 20.9. The van der Waals surface area contributed by atoms with Crippen molar-refractivity contribution in [3.8, 4) is 17.0 Å². The third-order valence-corrected chi connectivity index (χ3v) is 5.17. The maximum Gasteiger partial charge on any atom is 0.416 e. The number of rotatable bonds is 6. The van der Waals surface area contributed by atoms with Crippen molar-refractivity contribution in [1.82, 2.24) is 9.97 Å². The van der Waals surface area contributed by atoms with Crippen LogP contribution in [0.15, 0.2) is 54.7 Å². The van der Waals surface area contributed by atoms with E-state index in [2.05, 4.69) is 15.3 Å². The van der Waals surface area contributed by atoms with Gasteiger partial charge in [-0.2, -0.15) is 13.2 Å². The Morgan fingerprint density at radius 2 is 2.03 bits per heavy atom. The monoisotopic (exact) mass is 474 g/mol. The van der Waals surface area contributed by atoms with Gasteiger partial charge >= 0.3 is 12.2 Å². The number of aliphatic hydroxyl groups is 2. The lowest BCUT2D eigenvalue weighted by Gasteiger charge is -2.18. The number of hydrogen-bond donors (Lipinski definition) is 3. The number of anilines is 2. The molecule has 0 saturated carbocycles. The molecular formula is C23H21F3N4O4. The fraction of sp³-hybridized carbons (Fsp3) is 0.261. The fourth-order valence-electron chi connectivity index (χ4n) is 3.45. The summed E-state index contributed by atoms with van der Waals surface area (Å²) in [5.74, 6) is 0.902. The standard InChI is InChI=1S/C23H21F3N4O4/c24-23(25,26)16-3-1-2-15(10-16)19-5-4-14-7-9-30(21(14)28-19)22(33)29-20-11-18(6-8-27-20)34-13-17(32)12-31/h1-6,8,10-11,17,31-32H,7,9,12-13H2,(H,27,29,33). The molecule has 0 bridgehead atoms. The Hall–Kier alpha value is -3.70. The predicted molar refractivity (Wildman–Crippen MR) is 118 cm³/mol. The molecule has 1 unspecified atom stereocenters. The molecule has 0 radical (unpaired) electrons. The third-order valence-electron chi connectivity index (χ3n) is 5.17. The third kappa shape index (κ3) is 5.26. The van der Waals surface area contributed by atoms with E-state index >= 15 is 0 Å². The van der Waals surface area contributed by atoms with Crippen LogP contribution in [0.1, 0.15) is 11.1 Å². The van der Waals surface area contributed by atoms with Crippen LogP contribution < -0.4 is 15.0 Å². The van der Waals surface area contributed by atoms with E-state index in [1.54, 1.807) is 12.1 Å². The van der Waals surface area contributed by atoms with E-state index in [9.17, 15) is 23.1 Å². The highest BCUT2D eigenvalue weighted by Crippen LogP contribution is 2.34. The number of carbonyl (C=O) groups excluding carboxylic acids is 1. The van der Waals surface area contributed by atoms with Crippen LogP contribution in [0, 0.1) is 0 Å². The van der Waals surface area contributed by atoms with Crippen molar-refractivity contribution >= 4 is 17.7 Å². The summed E-state index contributed by atoms with van der Waals surface area (Å²) < 4.78 is 44.6. The van der Waals surface area contributed by atoms with Gasteiger partial charge in [-0.05, 0) is 36.2 Å². The molecule has 4 rings (SSSR count). The molecule has 11 heteroatoms. The Kier molecular flexibility index (Phi) is 6.66. The van der Waals surface area contributed by atoms with Gasteiger partial charge in [0.15, 0.2) is 0 Å². The Morgan fingerprint density at radius 3 is 2.79 bits per heavy atom. The normalized spacial score (nSPS) is 14.0. The number of urea groups is 1. The van der Waals surface area contributed by atoms with Gasteiger partial charge in [0.05, 0.1) is 17.9 Å². The number of nitrogens with zero attached hydrogens (tertiary/aromatic N) is 3. The van der Waals surface area contributed by atoms with Gasteiger partial charge in [0, 0.05) is 24.4 Å². The maximum absolute atomic E-state index is 13.1. The number of alkyl halides is 3. The molecule has 3 N–H and O–H groups in total. The lowest BCUT2D eigenvalue weighted by molar-refractivity contribution is -0.137. The van der Waals surface area contributed by atoms with Gasteiger partial charge in [-0.3, -0.25) is 10.2 Å². The molecule has 3 aromatic rings. The van der Waals surface area contributed by atoms with Crippen LogP contribution >= 0.6 is 0 Å².